The zero-order chi connectivity index (χ0) is 10.5. The molecule has 1 N–H and O–H groups in total. The lowest BCUT2D eigenvalue weighted by molar-refractivity contribution is 0.710. The Labute approximate surface area is 91.5 Å². The predicted molar refractivity (Wildman–Crippen MR) is 63.1 cm³/mol. The summed E-state index contributed by atoms with van der Waals surface area (Å²) in [7, 11) is 0. The van der Waals surface area contributed by atoms with Gasteiger partial charge in [0.1, 0.15) is 0 Å². The molecule has 2 heterocycles. The van der Waals surface area contributed by atoms with Gasteiger partial charge in [0.2, 0.25) is 0 Å². The van der Waals surface area contributed by atoms with Crippen LogP contribution in [0.1, 0.15) is 25.5 Å². The molecule has 1 saturated heterocycles. The molecule has 3 heteroatoms. The van der Waals surface area contributed by atoms with Crippen LogP contribution >= 0.6 is 0 Å². The van der Waals surface area contributed by atoms with Gasteiger partial charge in [-0.15, -0.1) is 0 Å². The maximum atomic E-state index is 4.36. The lowest BCUT2D eigenvalue weighted by Gasteiger charge is -2.17. The highest BCUT2D eigenvalue weighted by molar-refractivity contribution is 5.47. The van der Waals surface area contributed by atoms with Gasteiger partial charge >= 0.3 is 0 Å². The molecule has 1 aliphatic rings. The quantitative estimate of drug-likeness (QED) is 0.812. The minimum absolute atomic E-state index is 0.873. The lowest BCUT2D eigenvalue weighted by Crippen LogP contribution is -2.19. The molecular weight excluding hydrogens is 186 g/mol. The summed E-state index contributed by atoms with van der Waals surface area (Å²) in [6.07, 6.45) is 4.57. The largest absolute Gasteiger partial charge is 0.371 e. The molecular formula is C12H19N3. The summed E-state index contributed by atoms with van der Waals surface area (Å²) < 4.78 is 0. The van der Waals surface area contributed by atoms with Crippen molar-refractivity contribution in [2.45, 2.75) is 26.3 Å². The van der Waals surface area contributed by atoms with Gasteiger partial charge in [0.05, 0.1) is 5.69 Å². The van der Waals surface area contributed by atoms with Gasteiger partial charge in [-0.3, -0.25) is 4.98 Å². The third-order valence-electron chi connectivity index (χ3n) is 2.83. The number of hydrogen-bond acceptors (Lipinski definition) is 3. The van der Waals surface area contributed by atoms with Crippen LogP contribution in [0.2, 0.25) is 0 Å². The molecule has 15 heavy (non-hydrogen) atoms. The Morgan fingerprint density at radius 2 is 2.20 bits per heavy atom. The Kier molecular flexibility index (Phi) is 3.56. The third-order valence-corrected chi connectivity index (χ3v) is 2.83. The fourth-order valence-corrected chi connectivity index (χ4v) is 1.99. The molecule has 1 aliphatic heterocycles. The van der Waals surface area contributed by atoms with Gasteiger partial charge in [0, 0.05) is 31.5 Å². The molecule has 0 unspecified atom stereocenters. The summed E-state index contributed by atoms with van der Waals surface area (Å²) in [4.78, 5) is 6.80. The van der Waals surface area contributed by atoms with Crippen molar-refractivity contribution >= 4 is 5.69 Å². The van der Waals surface area contributed by atoms with E-state index < -0.39 is 0 Å². The van der Waals surface area contributed by atoms with Crippen molar-refractivity contribution in [2.75, 3.05) is 24.5 Å². The molecule has 82 valence electrons. The topological polar surface area (TPSA) is 28.2 Å². The molecule has 0 amide bonds. The van der Waals surface area contributed by atoms with Crippen LogP contribution < -0.4 is 10.2 Å². The Morgan fingerprint density at radius 3 is 2.93 bits per heavy atom. The fourth-order valence-electron chi connectivity index (χ4n) is 1.99. The zero-order valence-electron chi connectivity index (χ0n) is 9.37. The van der Waals surface area contributed by atoms with Gasteiger partial charge < -0.3 is 10.2 Å². The second-order valence-electron chi connectivity index (χ2n) is 3.98. The van der Waals surface area contributed by atoms with E-state index in [0.29, 0.717) is 0 Å². The molecule has 0 aliphatic carbocycles. The SMILES string of the molecule is CCNCc1cc(N2CCCC2)ccn1. The van der Waals surface area contributed by atoms with E-state index in [2.05, 4.69) is 34.3 Å². The third kappa shape index (κ3) is 2.69. The van der Waals surface area contributed by atoms with Crippen molar-refractivity contribution in [2.24, 2.45) is 0 Å². The van der Waals surface area contributed by atoms with Crippen LogP contribution in [0.3, 0.4) is 0 Å². The molecule has 0 aromatic carbocycles. The van der Waals surface area contributed by atoms with Gasteiger partial charge in [0.25, 0.3) is 0 Å². The molecule has 1 aromatic rings. The Bertz CT molecular complexity index is 305. The van der Waals surface area contributed by atoms with Gasteiger partial charge in [-0.05, 0) is 31.5 Å². The van der Waals surface area contributed by atoms with E-state index in [9.17, 15) is 0 Å². The van der Waals surface area contributed by atoms with Crippen LogP contribution in [0.15, 0.2) is 18.3 Å². The van der Waals surface area contributed by atoms with E-state index in [1.807, 2.05) is 6.20 Å². The fraction of sp³-hybridized carbons (Fsp3) is 0.583. The summed E-state index contributed by atoms with van der Waals surface area (Å²) in [5, 5.41) is 3.30. The number of pyridine rings is 1. The summed E-state index contributed by atoms with van der Waals surface area (Å²) in [5.74, 6) is 0. The monoisotopic (exact) mass is 205 g/mol. The van der Waals surface area contributed by atoms with Gasteiger partial charge in [-0.25, -0.2) is 0 Å². The molecule has 0 saturated carbocycles. The summed E-state index contributed by atoms with van der Waals surface area (Å²) in [6, 6.07) is 4.31. The molecule has 0 radical (unpaired) electrons. The number of nitrogens with one attached hydrogen (secondary N) is 1. The van der Waals surface area contributed by atoms with Crippen LogP contribution in [-0.2, 0) is 6.54 Å². The molecule has 0 spiro atoms. The summed E-state index contributed by atoms with van der Waals surface area (Å²) in [5.41, 5.74) is 2.47. The van der Waals surface area contributed by atoms with Crippen LogP contribution in [0.5, 0.6) is 0 Å². The highest BCUT2D eigenvalue weighted by atomic mass is 15.1. The van der Waals surface area contributed by atoms with Crippen molar-refractivity contribution in [3.63, 3.8) is 0 Å². The standard InChI is InChI=1S/C12H19N3/c1-2-13-10-11-9-12(5-6-14-11)15-7-3-4-8-15/h5-6,9,13H,2-4,7-8,10H2,1H3. The molecule has 0 atom stereocenters. The van der Waals surface area contributed by atoms with Crippen LogP contribution in [0.25, 0.3) is 0 Å². The van der Waals surface area contributed by atoms with Crippen molar-refractivity contribution < 1.29 is 0 Å². The smallest absolute Gasteiger partial charge is 0.0562 e. The van der Waals surface area contributed by atoms with E-state index in [-0.39, 0.29) is 0 Å². The maximum Gasteiger partial charge on any atom is 0.0562 e. The van der Waals surface area contributed by atoms with Crippen LogP contribution in [0, 0.1) is 0 Å². The van der Waals surface area contributed by atoms with E-state index >= 15 is 0 Å². The Morgan fingerprint density at radius 1 is 1.40 bits per heavy atom. The van der Waals surface area contributed by atoms with Crippen LogP contribution in [-0.4, -0.2) is 24.6 Å². The van der Waals surface area contributed by atoms with Gasteiger partial charge in [-0.1, -0.05) is 6.92 Å². The number of aromatic nitrogens is 1. The highest BCUT2D eigenvalue weighted by Gasteiger charge is 2.12. The van der Waals surface area contributed by atoms with Gasteiger partial charge in [0.15, 0.2) is 0 Å². The average molecular weight is 205 g/mol. The first-order valence-electron chi connectivity index (χ1n) is 5.80. The molecule has 3 nitrogen and oxygen atoms in total. The molecule has 1 aromatic heterocycles. The first-order chi connectivity index (χ1) is 7.40. The maximum absolute atomic E-state index is 4.36. The normalized spacial score (nSPS) is 15.9. The first-order valence-corrected chi connectivity index (χ1v) is 5.80. The second kappa shape index (κ2) is 5.12. The van der Waals surface area contributed by atoms with E-state index in [1.54, 1.807) is 0 Å². The van der Waals surface area contributed by atoms with Gasteiger partial charge in [-0.2, -0.15) is 0 Å². The second-order valence-corrected chi connectivity index (χ2v) is 3.98. The number of nitrogens with zero attached hydrogens (tertiary/aromatic N) is 2. The molecule has 2 rings (SSSR count). The van der Waals surface area contributed by atoms with Crippen molar-refractivity contribution in [1.82, 2.24) is 10.3 Å². The zero-order valence-corrected chi connectivity index (χ0v) is 9.37. The summed E-state index contributed by atoms with van der Waals surface area (Å²) in [6.45, 7) is 6.38. The summed E-state index contributed by atoms with van der Waals surface area (Å²) >= 11 is 0. The van der Waals surface area contributed by atoms with E-state index in [0.717, 1.165) is 18.8 Å². The van der Waals surface area contributed by atoms with E-state index in [4.69, 9.17) is 0 Å². The average Bonchev–Trinajstić information content (AvgIpc) is 2.80. The van der Waals surface area contributed by atoms with Crippen molar-refractivity contribution in [3.05, 3.63) is 24.0 Å². The minimum Gasteiger partial charge on any atom is -0.371 e. The number of hydrogen-bond donors (Lipinski definition) is 1. The Hall–Kier alpha value is -1.09. The minimum atomic E-state index is 0.873. The highest BCUT2D eigenvalue weighted by Crippen LogP contribution is 2.19. The molecule has 0 bridgehead atoms. The molecule has 1 fully saturated rings. The Balaban J connectivity index is 2.04. The number of anilines is 1. The lowest BCUT2D eigenvalue weighted by atomic mass is 10.3. The predicted octanol–water partition coefficient (Wildman–Crippen LogP) is 1.79. The van der Waals surface area contributed by atoms with Crippen LogP contribution in [0.4, 0.5) is 5.69 Å². The number of rotatable bonds is 4. The van der Waals surface area contributed by atoms with Crippen molar-refractivity contribution in [3.8, 4) is 0 Å². The van der Waals surface area contributed by atoms with E-state index in [1.165, 1.54) is 31.6 Å². The first kappa shape index (κ1) is 10.4. The van der Waals surface area contributed by atoms with Crippen molar-refractivity contribution in [1.29, 1.82) is 0 Å².